The highest BCUT2D eigenvalue weighted by atomic mass is 79.9. The minimum atomic E-state index is -0.401. The summed E-state index contributed by atoms with van der Waals surface area (Å²) >= 11 is 8.78. The number of ether oxygens (including phenoxy) is 3. The Balaban J connectivity index is 0.816. The molecule has 112 heavy (non-hydrogen) atoms. The fourth-order valence-corrected chi connectivity index (χ4v) is 20.5. The van der Waals surface area contributed by atoms with Gasteiger partial charge in [-0.1, -0.05) is 240 Å². The molecule has 588 valence electrons. The van der Waals surface area contributed by atoms with E-state index in [-0.39, 0.29) is 48.0 Å². The molecule has 2 aliphatic heterocycles. The SMILES string of the molecule is CCCCCCCCCCCCOc1cc(OCCCCCCCCCCCC)cc(C(=O)OCCCCCCNc2cc3c4c(ccc5c6c(-c7ccc(-c8ccc(-c9ccc(Br)s9)s8)s7)cc7c8c(ccc(c2c45)c86)C(=O)N(c2c(C(C)C)cccc2C(C)C)C7=O)C(=O)N(c2c(C(C)C)cccc2C(C)C)C3=O)c1. The molecular weight excluding hydrogens is 1510 g/mol. The first-order chi connectivity index (χ1) is 54.4. The number of esters is 1. The summed E-state index contributed by atoms with van der Waals surface area (Å²) in [6.07, 6.45) is 27.8. The van der Waals surface area contributed by atoms with Crippen molar-refractivity contribution in [2.75, 3.05) is 41.5 Å². The molecule has 0 spiro atoms. The molecule has 0 aliphatic carbocycles. The average Bonchev–Trinajstić information content (AvgIpc) is 0.800. The van der Waals surface area contributed by atoms with Crippen LogP contribution in [0.4, 0.5) is 17.1 Å². The van der Waals surface area contributed by atoms with Crippen molar-refractivity contribution in [2.45, 2.75) is 247 Å². The molecule has 4 amide bonds. The molecule has 11 aromatic rings. The molecule has 0 atom stereocenters. The normalized spacial score (nSPS) is 13.1. The minimum absolute atomic E-state index is 0.00143. The first-order valence-corrected chi connectivity index (χ1v) is 45.2. The Morgan fingerprint density at radius 1 is 0.375 bits per heavy atom. The predicted octanol–water partition coefficient (Wildman–Crippen LogP) is 29.2. The van der Waals surface area contributed by atoms with Gasteiger partial charge in [0, 0.05) is 86.5 Å². The van der Waals surface area contributed by atoms with Crippen LogP contribution >= 0.6 is 49.9 Å². The van der Waals surface area contributed by atoms with Crippen LogP contribution in [-0.4, -0.2) is 56.0 Å². The zero-order valence-corrected chi connectivity index (χ0v) is 71.5. The van der Waals surface area contributed by atoms with E-state index >= 15 is 19.2 Å². The number of hydrogen-bond donors (Lipinski definition) is 1. The van der Waals surface area contributed by atoms with Crippen LogP contribution in [-0.2, 0) is 4.74 Å². The molecule has 3 aromatic heterocycles. The summed E-state index contributed by atoms with van der Waals surface area (Å²) in [5, 5.41) is 9.84. The zero-order chi connectivity index (χ0) is 78.7. The van der Waals surface area contributed by atoms with Crippen molar-refractivity contribution in [3.05, 3.63) is 181 Å². The summed E-state index contributed by atoms with van der Waals surface area (Å²) < 4.78 is 19.8. The minimum Gasteiger partial charge on any atom is -0.493 e. The predicted molar refractivity (Wildman–Crippen MR) is 475 cm³/mol. The Hall–Kier alpha value is -8.21. The summed E-state index contributed by atoms with van der Waals surface area (Å²) in [4.78, 5) is 86.4. The third-order valence-electron chi connectivity index (χ3n) is 22.8. The molecule has 5 heterocycles. The number of nitrogens with one attached hydrogen (secondary N) is 1. The third kappa shape index (κ3) is 17.7. The molecule has 13 rings (SSSR count). The number of unbranched alkanes of at least 4 members (excludes halogenated alkanes) is 21. The van der Waals surface area contributed by atoms with Crippen molar-refractivity contribution < 1.29 is 38.2 Å². The maximum Gasteiger partial charge on any atom is 0.338 e. The number of fused-ring (bicyclic) bond motifs is 2. The number of rotatable bonds is 42. The molecule has 15 heteroatoms. The van der Waals surface area contributed by atoms with Gasteiger partial charge in [-0.25, -0.2) is 14.6 Å². The van der Waals surface area contributed by atoms with Crippen LogP contribution in [0.25, 0.3) is 73.0 Å². The lowest BCUT2D eigenvalue weighted by molar-refractivity contribution is 0.0496. The molecule has 2 aliphatic rings. The Kier molecular flexibility index (Phi) is 27.6. The second-order valence-corrected chi connectivity index (χ2v) is 36.9. The van der Waals surface area contributed by atoms with Crippen molar-refractivity contribution in [1.29, 1.82) is 0 Å². The summed E-state index contributed by atoms with van der Waals surface area (Å²) in [6, 6.07) is 42.5. The number of amides is 4. The number of nitrogens with zero attached hydrogens (tertiary/aromatic N) is 2. The number of thiophene rings is 3. The lowest BCUT2D eigenvalue weighted by atomic mass is 9.79. The molecule has 0 saturated heterocycles. The number of carbonyl (C=O) groups is 5. The fraction of sp³-hybridized carbons (Fsp3) is 0.433. The highest BCUT2D eigenvalue weighted by Crippen LogP contribution is 2.55. The fourth-order valence-electron chi connectivity index (χ4n) is 16.9. The van der Waals surface area contributed by atoms with Gasteiger partial charge < -0.3 is 19.5 Å². The van der Waals surface area contributed by atoms with E-state index < -0.39 is 11.9 Å². The lowest BCUT2D eigenvalue weighted by Crippen LogP contribution is -2.42. The van der Waals surface area contributed by atoms with Crippen molar-refractivity contribution in [2.24, 2.45) is 0 Å². The number of halogens is 1. The van der Waals surface area contributed by atoms with E-state index in [1.165, 1.54) is 122 Å². The standard InChI is InChI=1S/C97H112BrN3O8S3/c1-11-13-15-17-19-21-23-25-28-32-52-107-65-55-64(56-66(57-65)108-53-33-29-26-24-22-20-18-16-14-12-2)97(106)109-54-34-30-27-31-51-99-78-59-77-87-74(94(103)101(96(77)105)92-69(62(7)8)39-36-40-70(92)63(9)10)43-41-71-85-75(79-45-46-80(110-79)81-47-48-82(111-81)83-49-50-84(98)112-83)58-76-86-73(44-42-72(89(85)86)88(78)90(71)87)93(102)100(95(76)104)91-67(60(3)4)37-35-38-68(91)61(5)6/h35-50,55-63,99H,11-34,51-54H2,1-10H3. The van der Waals surface area contributed by atoms with E-state index in [2.05, 4.69) is 127 Å². The topological polar surface area (TPSA) is 132 Å². The Bertz CT molecular complexity index is 5090. The summed E-state index contributed by atoms with van der Waals surface area (Å²) in [6.45, 7) is 23.3. The van der Waals surface area contributed by atoms with Crippen molar-refractivity contribution >= 4 is 140 Å². The first-order valence-electron chi connectivity index (χ1n) is 42.0. The van der Waals surface area contributed by atoms with Gasteiger partial charge in [0.05, 0.1) is 46.1 Å². The van der Waals surface area contributed by atoms with E-state index in [0.717, 1.165) is 123 Å². The molecule has 0 radical (unpaired) electrons. The van der Waals surface area contributed by atoms with Gasteiger partial charge in [-0.15, -0.1) is 34.0 Å². The molecule has 0 bridgehead atoms. The van der Waals surface area contributed by atoms with Gasteiger partial charge in [0.2, 0.25) is 0 Å². The third-order valence-corrected chi connectivity index (χ3v) is 27.0. The second kappa shape index (κ2) is 37.8. The number of imide groups is 2. The monoisotopic (exact) mass is 1620 g/mol. The summed E-state index contributed by atoms with van der Waals surface area (Å²) in [5.41, 5.74) is 8.60. The van der Waals surface area contributed by atoms with Crippen LogP contribution < -0.4 is 24.6 Å². The molecule has 11 nitrogen and oxygen atoms in total. The Morgan fingerprint density at radius 3 is 1.21 bits per heavy atom. The Morgan fingerprint density at radius 2 is 0.759 bits per heavy atom. The quantitative estimate of drug-likeness (QED) is 0.0131. The highest BCUT2D eigenvalue weighted by molar-refractivity contribution is 9.11. The van der Waals surface area contributed by atoms with Gasteiger partial charge >= 0.3 is 5.97 Å². The molecule has 0 unspecified atom stereocenters. The van der Waals surface area contributed by atoms with Gasteiger partial charge in [0.15, 0.2) is 0 Å². The number of benzene rings is 8. The molecule has 1 N–H and O–H groups in total. The molecular formula is C97H112BrN3O8S3. The van der Waals surface area contributed by atoms with E-state index in [0.29, 0.717) is 93.3 Å². The maximum atomic E-state index is 16.2. The number of para-hydroxylation sites is 2. The van der Waals surface area contributed by atoms with E-state index in [9.17, 15) is 4.79 Å². The van der Waals surface area contributed by atoms with Crippen LogP contribution in [0.2, 0.25) is 0 Å². The van der Waals surface area contributed by atoms with Crippen LogP contribution in [0, 0.1) is 0 Å². The Labute approximate surface area is 684 Å². The molecule has 8 aromatic carbocycles. The van der Waals surface area contributed by atoms with Crippen LogP contribution in [0.5, 0.6) is 11.5 Å². The van der Waals surface area contributed by atoms with Gasteiger partial charge in [-0.2, -0.15) is 0 Å². The summed E-state index contributed by atoms with van der Waals surface area (Å²) in [5.74, 6) is -0.685. The van der Waals surface area contributed by atoms with Crippen molar-refractivity contribution in [3.63, 3.8) is 0 Å². The van der Waals surface area contributed by atoms with E-state index in [1.807, 2.05) is 78.9 Å². The largest absolute Gasteiger partial charge is 0.493 e. The van der Waals surface area contributed by atoms with Crippen LogP contribution in [0.15, 0.2) is 131 Å². The van der Waals surface area contributed by atoms with Gasteiger partial charge in [-0.3, -0.25) is 19.2 Å². The van der Waals surface area contributed by atoms with Crippen LogP contribution in [0.3, 0.4) is 0 Å². The van der Waals surface area contributed by atoms with Gasteiger partial charge in [-0.05, 0) is 188 Å². The maximum absolute atomic E-state index is 16.2. The van der Waals surface area contributed by atoms with Crippen molar-refractivity contribution in [3.8, 4) is 41.4 Å². The smallest absolute Gasteiger partial charge is 0.338 e. The average molecular weight is 1620 g/mol. The van der Waals surface area contributed by atoms with E-state index in [1.54, 1.807) is 46.1 Å². The molecule has 0 saturated carbocycles. The van der Waals surface area contributed by atoms with Crippen LogP contribution in [0.1, 0.15) is 321 Å². The van der Waals surface area contributed by atoms with Gasteiger partial charge in [0.25, 0.3) is 23.6 Å². The first kappa shape index (κ1) is 81.8. The highest BCUT2D eigenvalue weighted by Gasteiger charge is 2.42. The van der Waals surface area contributed by atoms with E-state index in [4.69, 9.17) is 14.2 Å². The number of anilines is 3. The number of carbonyl (C=O) groups excluding carboxylic acids is 5. The second-order valence-electron chi connectivity index (χ2n) is 32.3. The lowest BCUT2D eigenvalue weighted by Gasteiger charge is -2.34. The summed E-state index contributed by atoms with van der Waals surface area (Å²) in [7, 11) is 0. The number of hydrogen-bond acceptors (Lipinski definition) is 12. The van der Waals surface area contributed by atoms with Crippen molar-refractivity contribution in [1.82, 2.24) is 0 Å². The zero-order valence-electron chi connectivity index (χ0n) is 67.5. The van der Waals surface area contributed by atoms with Gasteiger partial charge in [0.1, 0.15) is 11.5 Å². The molecule has 0 fully saturated rings.